The van der Waals surface area contributed by atoms with Crippen LogP contribution in [-0.2, 0) is 4.74 Å². The van der Waals surface area contributed by atoms with E-state index in [1.165, 1.54) is 6.07 Å². The zero-order valence-corrected chi connectivity index (χ0v) is 11.3. The first-order chi connectivity index (χ1) is 9.60. The van der Waals surface area contributed by atoms with E-state index in [-0.39, 0.29) is 11.7 Å². The Morgan fingerprint density at radius 1 is 1.45 bits per heavy atom. The van der Waals surface area contributed by atoms with Gasteiger partial charge in [0.15, 0.2) is 5.69 Å². The predicted molar refractivity (Wildman–Crippen MR) is 72.9 cm³/mol. The summed E-state index contributed by atoms with van der Waals surface area (Å²) in [5.41, 5.74) is -0.0122. The van der Waals surface area contributed by atoms with Gasteiger partial charge in [0.2, 0.25) is 0 Å². The largest absolute Gasteiger partial charge is 0.477 e. The third kappa shape index (κ3) is 3.36. The fraction of sp³-hybridized carbons (Fsp3) is 0.286. The van der Waals surface area contributed by atoms with Crippen molar-refractivity contribution in [3.63, 3.8) is 0 Å². The van der Waals surface area contributed by atoms with Gasteiger partial charge < -0.3 is 19.6 Å². The van der Waals surface area contributed by atoms with Crippen molar-refractivity contribution in [2.24, 2.45) is 0 Å². The van der Waals surface area contributed by atoms with E-state index >= 15 is 0 Å². The zero-order chi connectivity index (χ0) is 14.5. The maximum absolute atomic E-state index is 10.9. The van der Waals surface area contributed by atoms with Gasteiger partial charge in [0, 0.05) is 7.11 Å². The number of nitrogens with one attached hydrogen (secondary N) is 1. The molecule has 1 atom stereocenters. The van der Waals surface area contributed by atoms with E-state index in [1.807, 2.05) is 19.1 Å². The molecule has 0 saturated carbocycles. The van der Waals surface area contributed by atoms with Gasteiger partial charge in [-0.15, -0.1) is 0 Å². The minimum atomic E-state index is -1.06. The number of methoxy groups -OCH3 is 1. The average Bonchev–Trinajstić information content (AvgIpc) is 2.85. The van der Waals surface area contributed by atoms with Gasteiger partial charge in [-0.3, -0.25) is 0 Å². The highest BCUT2D eigenvalue weighted by Crippen LogP contribution is 2.21. The first-order valence-corrected chi connectivity index (χ1v) is 6.12. The lowest BCUT2D eigenvalue weighted by Gasteiger charge is -2.16. The number of nitrogens with zero attached hydrogens (tertiary/aromatic N) is 1. The summed E-state index contributed by atoms with van der Waals surface area (Å²) in [7, 11) is 1.59. The van der Waals surface area contributed by atoms with Crippen LogP contribution < -0.4 is 5.32 Å². The summed E-state index contributed by atoms with van der Waals surface area (Å²) in [6.45, 7) is 2.24. The molecule has 20 heavy (non-hydrogen) atoms. The van der Waals surface area contributed by atoms with Gasteiger partial charge in [-0.05, 0) is 31.2 Å². The molecule has 0 aliphatic carbocycles. The minimum absolute atomic E-state index is 0.0122. The van der Waals surface area contributed by atoms with Gasteiger partial charge in [0.1, 0.15) is 23.4 Å². The van der Waals surface area contributed by atoms with E-state index in [9.17, 15) is 4.79 Å². The maximum Gasteiger partial charge on any atom is 0.354 e. The molecule has 6 nitrogen and oxygen atoms in total. The number of aromatic carboxylic acids is 1. The highest BCUT2D eigenvalue weighted by molar-refractivity contribution is 5.85. The molecule has 2 rings (SSSR count). The molecule has 0 spiro atoms. The van der Waals surface area contributed by atoms with Crippen LogP contribution in [0.3, 0.4) is 0 Å². The van der Waals surface area contributed by atoms with Gasteiger partial charge >= 0.3 is 5.97 Å². The number of hydrogen-bond acceptors (Lipinski definition) is 5. The lowest BCUT2D eigenvalue weighted by molar-refractivity contribution is 0.0690. The molecule has 106 valence electrons. The molecule has 0 fully saturated rings. The molecule has 2 aromatic rings. The second-order valence-corrected chi connectivity index (χ2v) is 4.31. The lowest BCUT2D eigenvalue weighted by atomic mass is 10.2. The lowest BCUT2D eigenvalue weighted by Crippen LogP contribution is -2.17. The van der Waals surface area contributed by atoms with Crippen molar-refractivity contribution in [2.75, 3.05) is 19.0 Å². The molecule has 0 aliphatic rings. The Bertz CT molecular complexity index is 594. The van der Waals surface area contributed by atoms with Gasteiger partial charge in [-0.1, -0.05) is 6.07 Å². The topological polar surface area (TPSA) is 84.6 Å². The smallest absolute Gasteiger partial charge is 0.354 e. The first kappa shape index (κ1) is 14.1. The van der Waals surface area contributed by atoms with E-state index < -0.39 is 5.97 Å². The number of ether oxygens (including phenoxy) is 1. The number of anilines is 1. The summed E-state index contributed by atoms with van der Waals surface area (Å²) in [5, 5.41) is 12.0. The molecule has 1 unspecified atom stereocenters. The van der Waals surface area contributed by atoms with Crippen LogP contribution in [-0.4, -0.2) is 29.8 Å². The number of carboxylic acid groups (broad SMARTS) is 1. The van der Waals surface area contributed by atoms with E-state index in [4.69, 9.17) is 14.3 Å². The number of pyridine rings is 1. The number of carbonyl (C=O) groups is 1. The van der Waals surface area contributed by atoms with Crippen LogP contribution in [0.1, 0.15) is 28.1 Å². The summed E-state index contributed by atoms with van der Waals surface area (Å²) < 4.78 is 10.7. The van der Waals surface area contributed by atoms with Crippen LogP contribution in [0, 0.1) is 6.92 Å². The summed E-state index contributed by atoms with van der Waals surface area (Å²) >= 11 is 0. The first-order valence-electron chi connectivity index (χ1n) is 6.12. The van der Waals surface area contributed by atoms with Crippen molar-refractivity contribution in [1.82, 2.24) is 4.98 Å². The van der Waals surface area contributed by atoms with Crippen molar-refractivity contribution in [2.45, 2.75) is 13.0 Å². The van der Waals surface area contributed by atoms with Crippen molar-refractivity contribution >= 4 is 11.8 Å². The second kappa shape index (κ2) is 6.21. The molecule has 0 aliphatic heterocycles. The number of aryl methyl sites for hydroxylation is 1. The van der Waals surface area contributed by atoms with Crippen molar-refractivity contribution < 1.29 is 19.1 Å². The predicted octanol–water partition coefficient (Wildman–Crippen LogP) is 2.48. The minimum Gasteiger partial charge on any atom is -0.477 e. The fourth-order valence-electron chi connectivity index (χ4n) is 1.82. The molecule has 0 bridgehead atoms. The number of aromatic nitrogens is 1. The van der Waals surface area contributed by atoms with Crippen LogP contribution in [0.5, 0.6) is 0 Å². The van der Waals surface area contributed by atoms with Crippen LogP contribution in [0.15, 0.2) is 34.7 Å². The number of rotatable bonds is 6. The summed E-state index contributed by atoms with van der Waals surface area (Å²) in [4.78, 5) is 14.9. The van der Waals surface area contributed by atoms with Crippen molar-refractivity contribution in [1.29, 1.82) is 0 Å². The van der Waals surface area contributed by atoms with Crippen LogP contribution in [0.25, 0.3) is 0 Å². The van der Waals surface area contributed by atoms with Crippen molar-refractivity contribution in [3.8, 4) is 0 Å². The van der Waals surface area contributed by atoms with Crippen LogP contribution >= 0.6 is 0 Å². The molecule has 0 aromatic carbocycles. The molecule has 2 heterocycles. The standard InChI is InChI=1S/C14H16N2O4/c1-9-6-7-12(20-9)11(8-19-2)16-13-5-3-4-10(15-13)14(17)18/h3-7,11H,8H2,1-2H3,(H,15,16)(H,17,18). The van der Waals surface area contributed by atoms with Gasteiger partial charge in [-0.2, -0.15) is 0 Å². The van der Waals surface area contributed by atoms with E-state index in [2.05, 4.69) is 10.3 Å². The third-order valence-corrected chi connectivity index (χ3v) is 2.73. The summed E-state index contributed by atoms with van der Waals surface area (Å²) in [5.74, 6) is 0.911. The quantitative estimate of drug-likeness (QED) is 0.843. The Kier molecular flexibility index (Phi) is 4.37. The Hall–Kier alpha value is -2.34. The Balaban J connectivity index is 2.19. The Morgan fingerprint density at radius 3 is 2.85 bits per heavy atom. The van der Waals surface area contributed by atoms with Crippen LogP contribution in [0.2, 0.25) is 0 Å². The van der Waals surface area contributed by atoms with Gasteiger partial charge in [0.05, 0.1) is 6.61 Å². The third-order valence-electron chi connectivity index (χ3n) is 2.73. The zero-order valence-electron chi connectivity index (χ0n) is 11.3. The monoisotopic (exact) mass is 276 g/mol. The number of carboxylic acids is 1. The SMILES string of the molecule is COCC(Nc1cccc(C(=O)O)n1)c1ccc(C)o1. The second-order valence-electron chi connectivity index (χ2n) is 4.31. The summed E-state index contributed by atoms with van der Waals surface area (Å²) in [6, 6.07) is 8.26. The highest BCUT2D eigenvalue weighted by atomic mass is 16.5. The van der Waals surface area contributed by atoms with E-state index in [1.54, 1.807) is 19.2 Å². The van der Waals surface area contributed by atoms with Crippen LogP contribution in [0.4, 0.5) is 5.82 Å². The van der Waals surface area contributed by atoms with E-state index in [0.717, 1.165) is 5.76 Å². The normalized spacial score (nSPS) is 12.1. The van der Waals surface area contributed by atoms with Gasteiger partial charge in [0.25, 0.3) is 0 Å². The molecular weight excluding hydrogens is 260 g/mol. The molecule has 6 heteroatoms. The highest BCUT2D eigenvalue weighted by Gasteiger charge is 2.16. The maximum atomic E-state index is 10.9. The number of hydrogen-bond donors (Lipinski definition) is 2. The molecule has 2 N–H and O–H groups in total. The Labute approximate surface area is 116 Å². The molecule has 0 radical (unpaired) electrons. The van der Waals surface area contributed by atoms with Crippen molar-refractivity contribution in [3.05, 3.63) is 47.5 Å². The fourth-order valence-corrected chi connectivity index (χ4v) is 1.82. The number of furan rings is 1. The molecule has 0 saturated heterocycles. The Morgan fingerprint density at radius 2 is 2.25 bits per heavy atom. The molecular formula is C14H16N2O4. The molecule has 0 amide bonds. The van der Waals surface area contributed by atoms with Gasteiger partial charge in [-0.25, -0.2) is 9.78 Å². The summed E-state index contributed by atoms with van der Waals surface area (Å²) in [6.07, 6.45) is 0. The average molecular weight is 276 g/mol. The van der Waals surface area contributed by atoms with E-state index in [0.29, 0.717) is 18.2 Å². The molecule has 2 aromatic heterocycles.